The zero-order valence-corrected chi connectivity index (χ0v) is 11.3. The van der Waals surface area contributed by atoms with Gasteiger partial charge in [0.25, 0.3) is 0 Å². The van der Waals surface area contributed by atoms with Crippen LogP contribution in [0.25, 0.3) is 0 Å². The van der Waals surface area contributed by atoms with E-state index in [0.29, 0.717) is 6.61 Å². The highest BCUT2D eigenvalue weighted by Crippen LogP contribution is 2.33. The Bertz CT molecular complexity index is 612. The molecular formula is C16H17NO3. The van der Waals surface area contributed by atoms with Crippen LogP contribution in [0.1, 0.15) is 17.2 Å². The molecule has 0 saturated heterocycles. The van der Waals surface area contributed by atoms with Crippen molar-refractivity contribution in [2.75, 3.05) is 13.4 Å². The average molecular weight is 271 g/mol. The molecule has 104 valence electrons. The standard InChI is InChI=1S/C16H17NO3/c1-11-3-2-4-13(7-11)18-9-14(17)12-5-6-15-16(8-12)20-10-19-15/h2-8,14H,9-10,17H2,1H3. The minimum atomic E-state index is -0.204. The van der Waals surface area contributed by atoms with E-state index in [4.69, 9.17) is 19.9 Å². The van der Waals surface area contributed by atoms with Gasteiger partial charge in [-0.25, -0.2) is 0 Å². The maximum absolute atomic E-state index is 6.15. The second kappa shape index (κ2) is 5.43. The van der Waals surface area contributed by atoms with Crippen LogP contribution < -0.4 is 19.9 Å². The molecular weight excluding hydrogens is 254 g/mol. The van der Waals surface area contributed by atoms with Crippen LogP contribution in [0, 0.1) is 6.92 Å². The third-order valence-corrected chi connectivity index (χ3v) is 3.24. The van der Waals surface area contributed by atoms with Crippen molar-refractivity contribution in [2.24, 2.45) is 5.73 Å². The van der Waals surface area contributed by atoms with Crippen molar-refractivity contribution in [3.8, 4) is 17.2 Å². The normalized spacial score (nSPS) is 14.1. The van der Waals surface area contributed by atoms with E-state index in [1.807, 2.05) is 49.4 Å². The summed E-state index contributed by atoms with van der Waals surface area (Å²) in [5, 5.41) is 0. The van der Waals surface area contributed by atoms with Crippen molar-refractivity contribution < 1.29 is 14.2 Å². The van der Waals surface area contributed by atoms with Gasteiger partial charge in [0.2, 0.25) is 6.79 Å². The van der Waals surface area contributed by atoms with Crippen LogP contribution in [-0.4, -0.2) is 13.4 Å². The number of hydrogen-bond acceptors (Lipinski definition) is 4. The molecule has 20 heavy (non-hydrogen) atoms. The highest BCUT2D eigenvalue weighted by Gasteiger charge is 2.16. The second-order valence-corrected chi connectivity index (χ2v) is 4.85. The van der Waals surface area contributed by atoms with Gasteiger partial charge in [0.15, 0.2) is 11.5 Å². The third kappa shape index (κ3) is 2.70. The fourth-order valence-corrected chi connectivity index (χ4v) is 2.13. The van der Waals surface area contributed by atoms with E-state index in [1.54, 1.807) is 0 Å². The van der Waals surface area contributed by atoms with Crippen LogP contribution in [0.15, 0.2) is 42.5 Å². The van der Waals surface area contributed by atoms with Crippen molar-refractivity contribution in [1.29, 1.82) is 0 Å². The van der Waals surface area contributed by atoms with Gasteiger partial charge in [-0.3, -0.25) is 0 Å². The van der Waals surface area contributed by atoms with Gasteiger partial charge in [-0.05, 0) is 42.3 Å². The monoisotopic (exact) mass is 271 g/mol. The van der Waals surface area contributed by atoms with E-state index in [2.05, 4.69) is 0 Å². The minimum absolute atomic E-state index is 0.204. The van der Waals surface area contributed by atoms with Crippen molar-refractivity contribution in [3.05, 3.63) is 53.6 Å². The number of fused-ring (bicyclic) bond motifs is 1. The first-order valence-corrected chi connectivity index (χ1v) is 6.57. The summed E-state index contributed by atoms with van der Waals surface area (Å²) >= 11 is 0. The summed E-state index contributed by atoms with van der Waals surface area (Å²) in [5.74, 6) is 2.34. The molecule has 4 heteroatoms. The topological polar surface area (TPSA) is 53.7 Å². The van der Waals surface area contributed by atoms with E-state index in [-0.39, 0.29) is 12.8 Å². The van der Waals surface area contributed by atoms with Crippen LogP contribution in [0.4, 0.5) is 0 Å². The van der Waals surface area contributed by atoms with Crippen LogP contribution in [-0.2, 0) is 0 Å². The SMILES string of the molecule is Cc1cccc(OCC(N)c2ccc3c(c2)OCO3)c1. The number of nitrogens with two attached hydrogens (primary N) is 1. The highest BCUT2D eigenvalue weighted by molar-refractivity contribution is 5.45. The highest BCUT2D eigenvalue weighted by atomic mass is 16.7. The summed E-state index contributed by atoms with van der Waals surface area (Å²) in [7, 11) is 0. The Labute approximate surface area is 118 Å². The Morgan fingerprint density at radius 2 is 2.00 bits per heavy atom. The van der Waals surface area contributed by atoms with Crippen molar-refractivity contribution >= 4 is 0 Å². The lowest BCUT2D eigenvalue weighted by molar-refractivity contribution is 0.174. The summed E-state index contributed by atoms with van der Waals surface area (Å²) in [4.78, 5) is 0. The molecule has 0 saturated carbocycles. The molecule has 4 nitrogen and oxygen atoms in total. The summed E-state index contributed by atoms with van der Waals surface area (Å²) in [5.41, 5.74) is 8.29. The Kier molecular flexibility index (Phi) is 3.48. The first kappa shape index (κ1) is 12.8. The molecule has 0 bridgehead atoms. The number of benzene rings is 2. The molecule has 2 aromatic rings. The maximum atomic E-state index is 6.15. The number of hydrogen-bond donors (Lipinski definition) is 1. The van der Waals surface area contributed by atoms with Crippen molar-refractivity contribution in [3.63, 3.8) is 0 Å². The van der Waals surface area contributed by atoms with Gasteiger partial charge in [-0.2, -0.15) is 0 Å². The molecule has 0 spiro atoms. The fourth-order valence-electron chi connectivity index (χ4n) is 2.13. The van der Waals surface area contributed by atoms with E-state index < -0.39 is 0 Å². The number of aryl methyl sites for hydroxylation is 1. The largest absolute Gasteiger partial charge is 0.492 e. The molecule has 0 amide bonds. The van der Waals surface area contributed by atoms with Gasteiger partial charge < -0.3 is 19.9 Å². The van der Waals surface area contributed by atoms with Crippen molar-refractivity contribution in [2.45, 2.75) is 13.0 Å². The molecule has 2 N–H and O–H groups in total. The summed E-state index contributed by atoms with van der Waals surface area (Å²) < 4.78 is 16.4. The van der Waals surface area contributed by atoms with Crippen LogP contribution in [0.2, 0.25) is 0 Å². The summed E-state index contributed by atoms with van der Waals surface area (Å²) in [6.45, 7) is 2.72. The first-order valence-electron chi connectivity index (χ1n) is 6.57. The van der Waals surface area contributed by atoms with Gasteiger partial charge in [0, 0.05) is 0 Å². The summed E-state index contributed by atoms with van der Waals surface area (Å²) in [6, 6.07) is 13.5. The lowest BCUT2D eigenvalue weighted by Gasteiger charge is -2.14. The van der Waals surface area contributed by atoms with Crippen LogP contribution in [0.3, 0.4) is 0 Å². The molecule has 0 radical (unpaired) electrons. The van der Waals surface area contributed by atoms with Gasteiger partial charge >= 0.3 is 0 Å². The third-order valence-electron chi connectivity index (χ3n) is 3.24. The van der Waals surface area contributed by atoms with Gasteiger partial charge in [0.05, 0.1) is 6.04 Å². The molecule has 3 rings (SSSR count). The molecule has 1 unspecified atom stereocenters. The van der Waals surface area contributed by atoms with Gasteiger partial charge in [-0.15, -0.1) is 0 Å². The Morgan fingerprint density at radius 3 is 2.85 bits per heavy atom. The molecule has 0 fully saturated rings. The van der Waals surface area contributed by atoms with E-state index in [0.717, 1.165) is 22.8 Å². The molecule has 0 aliphatic carbocycles. The Morgan fingerprint density at radius 1 is 1.15 bits per heavy atom. The molecule has 1 aliphatic rings. The lowest BCUT2D eigenvalue weighted by atomic mass is 10.1. The molecule has 1 atom stereocenters. The molecule has 0 aromatic heterocycles. The molecule has 1 aliphatic heterocycles. The van der Waals surface area contributed by atoms with E-state index in [1.165, 1.54) is 5.56 Å². The van der Waals surface area contributed by atoms with Crippen LogP contribution in [0.5, 0.6) is 17.2 Å². The smallest absolute Gasteiger partial charge is 0.231 e. The van der Waals surface area contributed by atoms with Gasteiger partial charge in [-0.1, -0.05) is 18.2 Å². The maximum Gasteiger partial charge on any atom is 0.231 e. The second-order valence-electron chi connectivity index (χ2n) is 4.85. The minimum Gasteiger partial charge on any atom is -0.492 e. The predicted molar refractivity (Wildman–Crippen MR) is 76.2 cm³/mol. The van der Waals surface area contributed by atoms with Gasteiger partial charge in [0.1, 0.15) is 12.4 Å². The van der Waals surface area contributed by atoms with E-state index in [9.17, 15) is 0 Å². The lowest BCUT2D eigenvalue weighted by Crippen LogP contribution is -2.18. The first-order chi connectivity index (χ1) is 9.72. The Hall–Kier alpha value is -2.20. The zero-order valence-electron chi connectivity index (χ0n) is 11.3. The number of rotatable bonds is 4. The van der Waals surface area contributed by atoms with E-state index >= 15 is 0 Å². The predicted octanol–water partition coefficient (Wildman–Crippen LogP) is 2.80. The number of ether oxygens (including phenoxy) is 3. The zero-order chi connectivity index (χ0) is 13.9. The summed E-state index contributed by atoms with van der Waals surface area (Å²) in [6.07, 6.45) is 0. The average Bonchev–Trinajstić information content (AvgIpc) is 2.92. The fraction of sp³-hybridized carbons (Fsp3) is 0.250. The van der Waals surface area contributed by atoms with Crippen molar-refractivity contribution in [1.82, 2.24) is 0 Å². The van der Waals surface area contributed by atoms with Crippen LogP contribution >= 0.6 is 0 Å². The quantitative estimate of drug-likeness (QED) is 0.929. The Balaban J connectivity index is 1.66. The molecule has 1 heterocycles. The molecule has 2 aromatic carbocycles.